The Labute approximate surface area is 182 Å². The van der Waals surface area contributed by atoms with Gasteiger partial charge in [0.1, 0.15) is 0 Å². The summed E-state index contributed by atoms with van der Waals surface area (Å²) < 4.78 is 5.44. The summed E-state index contributed by atoms with van der Waals surface area (Å²) in [7, 11) is 0. The highest BCUT2D eigenvalue weighted by Crippen LogP contribution is 2.41. The van der Waals surface area contributed by atoms with Crippen molar-refractivity contribution in [3.05, 3.63) is 47.0 Å². The second kappa shape index (κ2) is 8.65. The summed E-state index contributed by atoms with van der Waals surface area (Å²) in [4.78, 5) is 26.0. The van der Waals surface area contributed by atoms with Crippen LogP contribution in [0, 0.1) is 5.41 Å². The predicted octanol–water partition coefficient (Wildman–Crippen LogP) is 2.65. The van der Waals surface area contributed by atoms with Gasteiger partial charge in [-0.2, -0.15) is 0 Å². The van der Waals surface area contributed by atoms with E-state index in [0.717, 1.165) is 83.4 Å². The number of carbonyl (C=O) groups is 1. The number of anilines is 1. The maximum Gasteiger partial charge on any atom is 0.230 e. The molecule has 0 saturated carbocycles. The molecule has 3 saturated heterocycles. The van der Waals surface area contributed by atoms with Crippen LogP contribution in [0.5, 0.6) is 0 Å². The summed E-state index contributed by atoms with van der Waals surface area (Å²) in [5.74, 6) is 0.374. The number of morpholine rings is 1. The Morgan fingerprint density at radius 3 is 2.70 bits per heavy atom. The fourth-order valence-corrected chi connectivity index (χ4v) is 5.98. The number of nitrogens with zero attached hydrogens (tertiary/aromatic N) is 4. The fourth-order valence-electron chi connectivity index (χ4n) is 4.98. The number of benzene rings is 1. The Morgan fingerprint density at radius 1 is 1.07 bits per heavy atom. The number of hydrogen-bond acceptors (Lipinski definition) is 6. The van der Waals surface area contributed by atoms with E-state index in [2.05, 4.69) is 43.9 Å². The molecule has 0 N–H and O–H groups in total. The van der Waals surface area contributed by atoms with Crippen molar-refractivity contribution in [2.45, 2.75) is 25.8 Å². The summed E-state index contributed by atoms with van der Waals surface area (Å²) in [5.41, 5.74) is 1.15. The second-order valence-electron chi connectivity index (χ2n) is 8.73. The molecule has 0 radical (unpaired) electrons. The third kappa shape index (κ3) is 4.11. The standard InChI is InChI=1S/C23H30N4O2S/c28-21-23(8-11-26(21)9-6-19-4-2-1-3-5-19)7-10-25(18-23)17-20-16-24-22(30-20)27-12-14-29-15-13-27/h1-5,16H,6-15,17-18H2. The number of aromatic nitrogens is 1. The lowest BCUT2D eigenvalue weighted by atomic mass is 9.85. The molecule has 1 amide bonds. The maximum absolute atomic E-state index is 13.2. The molecule has 30 heavy (non-hydrogen) atoms. The van der Waals surface area contributed by atoms with Gasteiger partial charge in [-0.25, -0.2) is 4.98 Å². The molecule has 1 aromatic heterocycles. The van der Waals surface area contributed by atoms with Crippen molar-refractivity contribution >= 4 is 22.4 Å². The number of carbonyl (C=O) groups excluding carboxylic acids is 1. The molecule has 0 aliphatic carbocycles. The van der Waals surface area contributed by atoms with Crippen LogP contribution in [0.1, 0.15) is 23.3 Å². The van der Waals surface area contributed by atoms with Crippen LogP contribution in [0.15, 0.2) is 36.5 Å². The quantitative estimate of drug-likeness (QED) is 0.711. The average Bonchev–Trinajstić information content (AvgIpc) is 3.50. The van der Waals surface area contributed by atoms with Crippen LogP contribution in [-0.2, 0) is 22.5 Å². The van der Waals surface area contributed by atoms with Crippen molar-refractivity contribution < 1.29 is 9.53 Å². The van der Waals surface area contributed by atoms with E-state index >= 15 is 0 Å². The first-order valence-electron chi connectivity index (χ1n) is 11.0. The van der Waals surface area contributed by atoms with E-state index in [1.165, 1.54) is 10.4 Å². The SMILES string of the molecule is O=C1N(CCc2ccccc2)CCC12CCN(Cc1cnc(N3CCOCC3)s1)C2. The Kier molecular flexibility index (Phi) is 5.76. The van der Waals surface area contributed by atoms with E-state index in [0.29, 0.717) is 5.91 Å². The smallest absolute Gasteiger partial charge is 0.230 e. The third-order valence-electron chi connectivity index (χ3n) is 6.75. The van der Waals surface area contributed by atoms with Gasteiger partial charge < -0.3 is 14.5 Å². The summed E-state index contributed by atoms with van der Waals surface area (Å²) >= 11 is 1.79. The Hall–Kier alpha value is -1.96. The first kappa shape index (κ1) is 20.0. The zero-order chi connectivity index (χ0) is 20.4. The van der Waals surface area contributed by atoms with Crippen molar-refractivity contribution in [2.75, 3.05) is 57.4 Å². The lowest BCUT2D eigenvalue weighted by Gasteiger charge is -2.26. The minimum absolute atomic E-state index is 0.158. The van der Waals surface area contributed by atoms with Crippen molar-refractivity contribution in [1.29, 1.82) is 0 Å². The fraction of sp³-hybridized carbons (Fsp3) is 0.565. The average molecular weight is 427 g/mol. The monoisotopic (exact) mass is 426 g/mol. The first-order valence-corrected chi connectivity index (χ1v) is 11.9. The molecule has 5 rings (SSSR count). The molecule has 1 aromatic carbocycles. The molecule has 6 nitrogen and oxygen atoms in total. The summed E-state index contributed by atoms with van der Waals surface area (Å²) in [6.45, 7) is 7.95. The number of rotatable bonds is 6. The van der Waals surface area contributed by atoms with Crippen LogP contribution < -0.4 is 4.90 Å². The van der Waals surface area contributed by atoms with E-state index in [4.69, 9.17) is 4.74 Å². The number of hydrogen-bond donors (Lipinski definition) is 0. The molecule has 3 fully saturated rings. The Morgan fingerprint density at radius 2 is 1.87 bits per heavy atom. The number of thiazole rings is 1. The highest BCUT2D eigenvalue weighted by atomic mass is 32.1. The van der Waals surface area contributed by atoms with Crippen LogP contribution in [0.25, 0.3) is 0 Å². The van der Waals surface area contributed by atoms with Gasteiger partial charge in [0.05, 0.1) is 18.6 Å². The van der Waals surface area contributed by atoms with Crippen molar-refractivity contribution in [3.63, 3.8) is 0 Å². The van der Waals surface area contributed by atoms with Gasteiger partial charge >= 0.3 is 0 Å². The number of likely N-dealkylation sites (tertiary alicyclic amines) is 2. The minimum atomic E-state index is -0.158. The largest absolute Gasteiger partial charge is 0.378 e. The summed E-state index contributed by atoms with van der Waals surface area (Å²) in [6, 6.07) is 10.5. The van der Waals surface area contributed by atoms with Gasteiger partial charge in [0.25, 0.3) is 0 Å². The number of amides is 1. The molecular weight excluding hydrogens is 396 g/mol. The third-order valence-corrected chi connectivity index (χ3v) is 7.79. The lowest BCUT2D eigenvalue weighted by Crippen LogP contribution is -2.37. The van der Waals surface area contributed by atoms with Crippen LogP contribution in [0.2, 0.25) is 0 Å². The van der Waals surface area contributed by atoms with Gasteiger partial charge in [0, 0.05) is 50.3 Å². The molecule has 0 bridgehead atoms. The van der Waals surface area contributed by atoms with E-state index < -0.39 is 0 Å². The van der Waals surface area contributed by atoms with E-state index in [9.17, 15) is 4.79 Å². The predicted molar refractivity (Wildman–Crippen MR) is 119 cm³/mol. The van der Waals surface area contributed by atoms with Gasteiger partial charge in [0.2, 0.25) is 5.91 Å². The van der Waals surface area contributed by atoms with Crippen molar-refractivity contribution in [1.82, 2.24) is 14.8 Å². The Bertz CT molecular complexity index is 867. The molecule has 1 unspecified atom stereocenters. The van der Waals surface area contributed by atoms with E-state index in [-0.39, 0.29) is 5.41 Å². The van der Waals surface area contributed by atoms with Crippen LogP contribution >= 0.6 is 11.3 Å². The van der Waals surface area contributed by atoms with E-state index in [1.54, 1.807) is 11.3 Å². The van der Waals surface area contributed by atoms with Gasteiger partial charge in [-0.3, -0.25) is 9.69 Å². The summed E-state index contributed by atoms with van der Waals surface area (Å²) in [6.07, 6.45) is 4.95. The van der Waals surface area contributed by atoms with Crippen molar-refractivity contribution in [2.24, 2.45) is 5.41 Å². The first-order chi connectivity index (χ1) is 14.7. The lowest BCUT2D eigenvalue weighted by molar-refractivity contribution is -0.135. The molecule has 1 atom stereocenters. The van der Waals surface area contributed by atoms with Crippen LogP contribution in [-0.4, -0.2) is 73.2 Å². The maximum atomic E-state index is 13.2. The normalized spacial score (nSPS) is 25.0. The second-order valence-corrected chi connectivity index (χ2v) is 9.82. The molecule has 160 valence electrons. The van der Waals surface area contributed by atoms with Crippen LogP contribution in [0.3, 0.4) is 0 Å². The van der Waals surface area contributed by atoms with Gasteiger partial charge in [-0.05, 0) is 31.4 Å². The van der Waals surface area contributed by atoms with Gasteiger partial charge in [-0.1, -0.05) is 30.3 Å². The molecule has 3 aliphatic rings. The van der Waals surface area contributed by atoms with E-state index in [1.807, 2.05) is 12.3 Å². The van der Waals surface area contributed by atoms with Crippen LogP contribution in [0.4, 0.5) is 5.13 Å². The Balaban J connectivity index is 1.15. The van der Waals surface area contributed by atoms with Crippen molar-refractivity contribution in [3.8, 4) is 0 Å². The van der Waals surface area contributed by atoms with Gasteiger partial charge in [0.15, 0.2) is 5.13 Å². The zero-order valence-electron chi connectivity index (χ0n) is 17.5. The van der Waals surface area contributed by atoms with Gasteiger partial charge in [-0.15, -0.1) is 11.3 Å². The molecule has 3 aliphatic heterocycles. The molecule has 1 spiro atoms. The molecule has 4 heterocycles. The molecule has 7 heteroatoms. The molecule has 2 aromatic rings. The topological polar surface area (TPSA) is 48.9 Å². The number of ether oxygens (including phenoxy) is 1. The summed E-state index contributed by atoms with van der Waals surface area (Å²) in [5, 5.41) is 1.10. The molecular formula is C23H30N4O2S. The zero-order valence-corrected chi connectivity index (χ0v) is 18.3. The highest BCUT2D eigenvalue weighted by Gasteiger charge is 2.50. The minimum Gasteiger partial charge on any atom is -0.378 e. The highest BCUT2D eigenvalue weighted by molar-refractivity contribution is 7.15.